The number of anilines is 1. The smallest absolute Gasteiger partial charge is 0.330 e. The second-order valence-electron chi connectivity index (χ2n) is 11.5. The molecule has 2 heterocycles. The van der Waals surface area contributed by atoms with E-state index >= 15 is 0 Å². The molecule has 1 saturated heterocycles. The van der Waals surface area contributed by atoms with E-state index in [9.17, 15) is 19.2 Å². The van der Waals surface area contributed by atoms with Crippen molar-refractivity contribution in [3.63, 3.8) is 0 Å². The molecule has 0 spiro atoms. The van der Waals surface area contributed by atoms with Gasteiger partial charge in [0.05, 0.1) is 34.0 Å². The number of rotatable bonds is 12. The summed E-state index contributed by atoms with van der Waals surface area (Å²) < 4.78 is 30.9. The Morgan fingerprint density at radius 2 is 1.40 bits per heavy atom. The first-order chi connectivity index (χ1) is 23.2. The Labute approximate surface area is 275 Å². The monoisotopic (exact) mass is 653 g/mol. The molecular formula is C36H35N3O9. The van der Waals surface area contributed by atoms with E-state index in [0.717, 1.165) is 16.7 Å². The summed E-state index contributed by atoms with van der Waals surface area (Å²) in [6, 6.07) is 24.3. The zero-order valence-electron chi connectivity index (χ0n) is 26.9. The van der Waals surface area contributed by atoms with Crippen LogP contribution in [0.3, 0.4) is 0 Å². The molecule has 1 fully saturated rings. The molecule has 0 saturated carbocycles. The molecule has 248 valence electrons. The van der Waals surface area contributed by atoms with Gasteiger partial charge in [0, 0.05) is 18.2 Å². The van der Waals surface area contributed by atoms with E-state index in [1.807, 2.05) is 78.9 Å². The fraction of sp³-hybridized carbons (Fsp3) is 0.278. The molecule has 0 bridgehead atoms. The van der Waals surface area contributed by atoms with Crippen LogP contribution < -0.4 is 41.6 Å². The molecule has 12 heteroatoms. The van der Waals surface area contributed by atoms with Crippen molar-refractivity contribution in [3.05, 3.63) is 149 Å². The van der Waals surface area contributed by atoms with Crippen LogP contribution in [0.2, 0.25) is 0 Å². The minimum atomic E-state index is -1.17. The van der Waals surface area contributed by atoms with Gasteiger partial charge in [0.2, 0.25) is 0 Å². The van der Waals surface area contributed by atoms with Crippen molar-refractivity contribution in [3.8, 4) is 17.2 Å². The summed E-state index contributed by atoms with van der Waals surface area (Å²) in [7, 11) is 4.51. The van der Waals surface area contributed by atoms with Crippen molar-refractivity contribution < 1.29 is 23.7 Å². The summed E-state index contributed by atoms with van der Waals surface area (Å²) in [5.74, 6) is 1.27. The molecule has 6 rings (SSSR count). The topological polar surface area (TPSA) is 147 Å². The number of ether oxygens (including phenoxy) is 5. The molecule has 12 nitrogen and oxygen atoms in total. The Balaban J connectivity index is 1.44. The van der Waals surface area contributed by atoms with Gasteiger partial charge in [-0.1, -0.05) is 54.6 Å². The highest BCUT2D eigenvalue weighted by Gasteiger charge is 2.43. The average Bonchev–Trinajstić information content (AvgIpc) is 3.53. The Hall–Kier alpha value is -5.46. The van der Waals surface area contributed by atoms with Crippen LogP contribution in [0.15, 0.2) is 104 Å². The summed E-state index contributed by atoms with van der Waals surface area (Å²) in [5.41, 5.74) is -0.945. The third-order valence-corrected chi connectivity index (χ3v) is 8.73. The third kappa shape index (κ3) is 5.80. The Bertz CT molecular complexity index is 2030. The molecule has 1 aliphatic heterocycles. The van der Waals surface area contributed by atoms with E-state index < -0.39 is 46.1 Å². The Morgan fingerprint density at radius 1 is 0.812 bits per heavy atom. The molecule has 2 N–H and O–H groups in total. The number of H-pyrrole nitrogens is 1. The van der Waals surface area contributed by atoms with Crippen LogP contribution in [-0.4, -0.2) is 49.6 Å². The number of aryl methyl sites for hydroxylation is 1. The molecule has 3 atom stereocenters. The number of methoxy groups -OCH3 is 3. The van der Waals surface area contributed by atoms with Crippen molar-refractivity contribution in [2.24, 2.45) is 0 Å². The summed E-state index contributed by atoms with van der Waals surface area (Å²) in [6.07, 6.45) is 0.0603. The molecule has 1 aliphatic rings. The van der Waals surface area contributed by atoms with Crippen LogP contribution in [0.25, 0.3) is 0 Å². The lowest BCUT2D eigenvalue weighted by atomic mass is 9.80. The number of nitrogens with zero attached hydrogens (tertiary/aromatic N) is 1. The van der Waals surface area contributed by atoms with Gasteiger partial charge in [0.1, 0.15) is 35.1 Å². The van der Waals surface area contributed by atoms with Gasteiger partial charge < -0.3 is 29.0 Å². The number of nitrogens with one attached hydrogen (secondary N) is 2. The second-order valence-corrected chi connectivity index (χ2v) is 11.5. The Kier molecular flexibility index (Phi) is 9.03. The van der Waals surface area contributed by atoms with Gasteiger partial charge >= 0.3 is 5.69 Å². The van der Waals surface area contributed by atoms with E-state index in [1.54, 1.807) is 21.1 Å². The van der Waals surface area contributed by atoms with Crippen LogP contribution >= 0.6 is 0 Å². The van der Waals surface area contributed by atoms with Gasteiger partial charge in [-0.2, -0.15) is 0 Å². The van der Waals surface area contributed by atoms with Crippen LogP contribution in [-0.2, 0) is 15.1 Å². The number of hydrogen-bond acceptors (Lipinski definition) is 10. The van der Waals surface area contributed by atoms with E-state index in [-0.39, 0.29) is 24.5 Å². The number of aromatic amines is 1. The lowest BCUT2D eigenvalue weighted by Gasteiger charge is -2.37. The largest absolute Gasteiger partial charge is 0.497 e. The van der Waals surface area contributed by atoms with Crippen molar-refractivity contribution in [2.45, 2.75) is 37.3 Å². The quantitative estimate of drug-likeness (QED) is 0.152. The summed E-state index contributed by atoms with van der Waals surface area (Å²) >= 11 is 0. The minimum absolute atomic E-state index is 0.0318. The highest BCUT2D eigenvalue weighted by molar-refractivity contribution is 5.62. The first-order valence-corrected chi connectivity index (χ1v) is 15.3. The van der Waals surface area contributed by atoms with Crippen LogP contribution in [0.1, 0.15) is 34.9 Å². The van der Waals surface area contributed by atoms with Crippen molar-refractivity contribution in [1.82, 2.24) is 9.55 Å². The molecule has 1 aromatic heterocycles. The molecule has 0 aliphatic carbocycles. The number of aromatic nitrogens is 2. The van der Waals surface area contributed by atoms with Gasteiger partial charge in [-0.05, 0) is 47.9 Å². The van der Waals surface area contributed by atoms with Crippen LogP contribution in [0, 0.1) is 6.92 Å². The fourth-order valence-corrected chi connectivity index (χ4v) is 6.17. The molecule has 0 amide bonds. The van der Waals surface area contributed by atoms with Gasteiger partial charge in [-0.25, -0.2) is 4.79 Å². The maximum atomic E-state index is 12.9. The molecule has 0 unspecified atom stereocenters. The molecule has 0 radical (unpaired) electrons. The molecule has 5 aromatic rings. The van der Waals surface area contributed by atoms with E-state index in [2.05, 4.69) is 10.3 Å². The number of hydrogen-bond donors (Lipinski definition) is 2. The zero-order chi connectivity index (χ0) is 34.0. The highest BCUT2D eigenvalue weighted by Crippen LogP contribution is 2.43. The molecule has 48 heavy (non-hydrogen) atoms. The first-order valence-electron chi connectivity index (χ1n) is 15.3. The van der Waals surface area contributed by atoms with E-state index in [4.69, 9.17) is 23.7 Å². The zero-order valence-corrected chi connectivity index (χ0v) is 26.9. The predicted octanol–water partition coefficient (Wildman–Crippen LogP) is 3.24. The van der Waals surface area contributed by atoms with Gasteiger partial charge in [0.15, 0.2) is 5.75 Å². The maximum Gasteiger partial charge on any atom is 0.330 e. The first kappa shape index (κ1) is 32.5. The fourth-order valence-electron chi connectivity index (χ4n) is 6.17. The predicted molar refractivity (Wildman–Crippen MR) is 178 cm³/mol. The average molecular weight is 654 g/mol. The van der Waals surface area contributed by atoms with Gasteiger partial charge in [-0.3, -0.25) is 23.9 Å². The molecular weight excluding hydrogens is 618 g/mol. The minimum Gasteiger partial charge on any atom is -0.497 e. The molecule has 4 aromatic carbocycles. The lowest BCUT2D eigenvalue weighted by Crippen LogP contribution is -2.43. The normalized spacial score (nSPS) is 17.7. The summed E-state index contributed by atoms with van der Waals surface area (Å²) in [5, 5.41) is 3.14. The van der Waals surface area contributed by atoms with Crippen LogP contribution in [0.4, 0.5) is 5.69 Å². The second kappa shape index (κ2) is 13.3. The van der Waals surface area contributed by atoms with E-state index in [0.29, 0.717) is 17.1 Å². The van der Waals surface area contributed by atoms with Crippen molar-refractivity contribution >= 4 is 5.69 Å². The SMILES string of the molecule is COc1ccc(C(OC[C@H]2O[C@@H](n3cc(C)c(=O)[nH]c3=O)C[C@@H]2Nc2c(OC)c(=O)c2=O)(c2ccccc2)c2ccc(OC)cc2)cc1. The van der Waals surface area contributed by atoms with E-state index in [1.165, 1.54) is 17.9 Å². The van der Waals surface area contributed by atoms with Crippen LogP contribution in [0.5, 0.6) is 17.2 Å². The van der Waals surface area contributed by atoms with Gasteiger partial charge in [-0.15, -0.1) is 0 Å². The van der Waals surface area contributed by atoms with Crippen molar-refractivity contribution in [1.29, 1.82) is 0 Å². The standard InChI is InChI=1S/C36H35N3O9/c1-21-19-39(35(43)38-34(21)42)29-18-27(37-30-31(40)32(41)33(30)46-4)28(48-29)20-47-36(22-8-6-5-7-9-22,23-10-14-25(44-2)15-11-23)24-12-16-26(45-3)17-13-24/h5-17,19,27-29,37H,18,20H2,1-4H3,(H,38,42,43)/t27-,28+,29+/m0/s1. The highest BCUT2D eigenvalue weighted by atomic mass is 16.6. The summed E-state index contributed by atoms with van der Waals surface area (Å²) in [6.45, 7) is 1.56. The van der Waals surface area contributed by atoms with Gasteiger partial charge in [0.25, 0.3) is 16.4 Å². The van der Waals surface area contributed by atoms with Crippen molar-refractivity contribution in [2.75, 3.05) is 33.3 Å². The third-order valence-electron chi connectivity index (χ3n) is 8.73. The lowest BCUT2D eigenvalue weighted by molar-refractivity contribution is -0.0788. The maximum absolute atomic E-state index is 12.9. The number of benzene rings is 3. The Morgan fingerprint density at radius 3 is 1.96 bits per heavy atom. The summed E-state index contributed by atoms with van der Waals surface area (Å²) in [4.78, 5) is 52.0.